The van der Waals surface area contributed by atoms with Crippen LogP contribution in [0.15, 0.2) is 84.9 Å². The third-order valence-electron chi connectivity index (χ3n) is 7.97. The SMILES string of the molecule is CCOC(=O)C1(c2ccccc2)CC[C@H](C(=O)N2CCC(NC(=O)c3ccccc3)CC2)c2ccccc21. The molecule has 1 fully saturated rings. The molecule has 6 heteroatoms. The third-order valence-corrected chi connectivity index (χ3v) is 7.97. The lowest BCUT2D eigenvalue weighted by Crippen LogP contribution is -2.49. The smallest absolute Gasteiger partial charge is 0.321 e. The number of amides is 2. The van der Waals surface area contributed by atoms with Crippen molar-refractivity contribution in [2.75, 3.05) is 19.7 Å². The summed E-state index contributed by atoms with van der Waals surface area (Å²) in [5.74, 6) is -0.559. The van der Waals surface area contributed by atoms with Crippen LogP contribution in [0.1, 0.15) is 65.6 Å². The van der Waals surface area contributed by atoms with E-state index in [1.54, 1.807) is 12.1 Å². The molecule has 1 saturated heterocycles. The third kappa shape index (κ3) is 4.83. The van der Waals surface area contributed by atoms with Gasteiger partial charge in [-0.05, 0) is 61.4 Å². The maximum Gasteiger partial charge on any atom is 0.321 e. The average molecular weight is 511 g/mol. The molecular weight excluding hydrogens is 476 g/mol. The molecular formula is C32H34N2O4. The number of nitrogens with one attached hydrogen (secondary N) is 1. The molecule has 0 spiro atoms. The van der Waals surface area contributed by atoms with Gasteiger partial charge in [0.05, 0.1) is 12.5 Å². The Morgan fingerprint density at radius 2 is 1.50 bits per heavy atom. The van der Waals surface area contributed by atoms with E-state index in [1.165, 1.54) is 0 Å². The zero-order valence-corrected chi connectivity index (χ0v) is 21.8. The zero-order chi connectivity index (χ0) is 26.5. The number of esters is 1. The Morgan fingerprint density at radius 1 is 0.868 bits per heavy atom. The largest absolute Gasteiger partial charge is 0.465 e. The van der Waals surface area contributed by atoms with E-state index in [-0.39, 0.29) is 29.7 Å². The van der Waals surface area contributed by atoms with Crippen molar-refractivity contribution in [3.63, 3.8) is 0 Å². The highest BCUT2D eigenvalue weighted by molar-refractivity contribution is 5.94. The zero-order valence-electron chi connectivity index (χ0n) is 21.8. The summed E-state index contributed by atoms with van der Waals surface area (Å²) in [4.78, 5) is 41.9. The molecule has 5 rings (SSSR count). The van der Waals surface area contributed by atoms with Crippen molar-refractivity contribution in [3.05, 3.63) is 107 Å². The molecule has 2 aliphatic rings. The number of rotatable bonds is 6. The fraction of sp³-hybridized carbons (Fsp3) is 0.344. The lowest BCUT2D eigenvalue weighted by atomic mass is 9.63. The molecule has 1 unspecified atom stereocenters. The molecule has 196 valence electrons. The number of ether oxygens (including phenoxy) is 1. The first-order chi connectivity index (χ1) is 18.5. The maximum atomic E-state index is 13.8. The summed E-state index contributed by atoms with van der Waals surface area (Å²) in [6.07, 6.45) is 2.51. The molecule has 0 saturated carbocycles. The highest BCUT2D eigenvalue weighted by Gasteiger charge is 2.50. The van der Waals surface area contributed by atoms with Crippen LogP contribution in [0.2, 0.25) is 0 Å². The fourth-order valence-electron chi connectivity index (χ4n) is 6.03. The van der Waals surface area contributed by atoms with Crippen molar-refractivity contribution in [3.8, 4) is 0 Å². The van der Waals surface area contributed by atoms with Gasteiger partial charge in [0, 0.05) is 24.7 Å². The number of hydrogen-bond donors (Lipinski definition) is 1. The number of carbonyl (C=O) groups is 3. The second-order valence-electron chi connectivity index (χ2n) is 10.1. The van der Waals surface area contributed by atoms with Crippen molar-refractivity contribution in [2.45, 2.75) is 50.0 Å². The molecule has 3 aromatic carbocycles. The van der Waals surface area contributed by atoms with Gasteiger partial charge in [-0.3, -0.25) is 14.4 Å². The van der Waals surface area contributed by atoms with Crippen LogP contribution < -0.4 is 5.32 Å². The van der Waals surface area contributed by atoms with Gasteiger partial charge in [0.25, 0.3) is 5.91 Å². The van der Waals surface area contributed by atoms with E-state index in [4.69, 9.17) is 4.74 Å². The standard InChI is InChI=1S/C32H34N2O4/c1-2-38-31(37)32(24-13-7-4-8-14-24)20-17-27(26-15-9-10-16-28(26)32)30(36)34-21-18-25(19-22-34)33-29(35)23-11-5-3-6-12-23/h3-16,25,27H,2,17-22H2,1H3,(H,33,35)/t27-,32?/m0/s1. The minimum absolute atomic E-state index is 0.0416. The summed E-state index contributed by atoms with van der Waals surface area (Å²) in [5, 5.41) is 3.11. The first-order valence-electron chi connectivity index (χ1n) is 13.5. The molecule has 1 N–H and O–H groups in total. The van der Waals surface area contributed by atoms with E-state index in [2.05, 4.69) is 5.32 Å². The van der Waals surface area contributed by atoms with Crippen LogP contribution in [0.3, 0.4) is 0 Å². The predicted octanol–water partition coefficient (Wildman–Crippen LogP) is 4.83. The van der Waals surface area contributed by atoms with Gasteiger partial charge in [0.1, 0.15) is 5.41 Å². The van der Waals surface area contributed by atoms with E-state index in [1.807, 2.05) is 84.6 Å². The fourth-order valence-corrected chi connectivity index (χ4v) is 6.03. The van der Waals surface area contributed by atoms with Gasteiger partial charge in [-0.15, -0.1) is 0 Å². The van der Waals surface area contributed by atoms with Crippen molar-refractivity contribution in [2.24, 2.45) is 0 Å². The first-order valence-corrected chi connectivity index (χ1v) is 13.5. The molecule has 0 bridgehead atoms. The van der Waals surface area contributed by atoms with Crippen molar-refractivity contribution in [1.29, 1.82) is 0 Å². The van der Waals surface area contributed by atoms with Crippen LogP contribution in [0.5, 0.6) is 0 Å². The van der Waals surface area contributed by atoms with Gasteiger partial charge < -0.3 is 15.0 Å². The minimum atomic E-state index is -0.931. The summed E-state index contributed by atoms with van der Waals surface area (Å²) < 4.78 is 5.61. The van der Waals surface area contributed by atoms with Gasteiger partial charge in [-0.1, -0.05) is 72.8 Å². The molecule has 38 heavy (non-hydrogen) atoms. The molecule has 1 heterocycles. The van der Waals surface area contributed by atoms with Crippen molar-refractivity contribution in [1.82, 2.24) is 10.2 Å². The van der Waals surface area contributed by atoms with Crippen LogP contribution in [-0.2, 0) is 19.7 Å². The van der Waals surface area contributed by atoms with Gasteiger partial charge in [0.15, 0.2) is 0 Å². The lowest BCUT2D eigenvalue weighted by Gasteiger charge is -2.42. The average Bonchev–Trinajstić information content (AvgIpc) is 2.97. The summed E-state index contributed by atoms with van der Waals surface area (Å²) in [7, 11) is 0. The first kappa shape index (κ1) is 25.7. The Balaban J connectivity index is 1.34. The number of likely N-dealkylation sites (tertiary alicyclic amines) is 1. The van der Waals surface area contributed by atoms with Crippen molar-refractivity contribution >= 4 is 17.8 Å². The molecule has 1 aliphatic carbocycles. The van der Waals surface area contributed by atoms with E-state index in [0.717, 1.165) is 29.5 Å². The molecule has 0 radical (unpaired) electrons. The molecule has 0 aromatic heterocycles. The highest BCUT2D eigenvalue weighted by atomic mass is 16.5. The second-order valence-corrected chi connectivity index (χ2v) is 10.1. The van der Waals surface area contributed by atoms with Gasteiger partial charge in [0.2, 0.25) is 5.91 Å². The topological polar surface area (TPSA) is 75.7 Å². The number of piperidine rings is 1. The molecule has 2 atom stereocenters. The van der Waals surface area contributed by atoms with Crippen molar-refractivity contribution < 1.29 is 19.1 Å². The van der Waals surface area contributed by atoms with Crippen LogP contribution in [0.4, 0.5) is 0 Å². The monoisotopic (exact) mass is 510 g/mol. The summed E-state index contributed by atoms with van der Waals surface area (Å²) in [6.45, 7) is 3.31. The number of hydrogen-bond acceptors (Lipinski definition) is 4. The Bertz CT molecular complexity index is 1290. The quantitative estimate of drug-likeness (QED) is 0.482. The summed E-state index contributed by atoms with van der Waals surface area (Å²) in [5.41, 5.74) is 2.37. The minimum Gasteiger partial charge on any atom is -0.465 e. The van der Waals surface area contributed by atoms with E-state index in [0.29, 0.717) is 38.1 Å². The number of fused-ring (bicyclic) bond motifs is 1. The number of benzene rings is 3. The summed E-state index contributed by atoms with van der Waals surface area (Å²) in [6, 6.07) is 26.9. The molecule has 1 aliphatic heterocycles. The van der Waals surface area contributed by atoms with E-state index in [9.17, 15) is 14.4 Å². The number of carbonyl (C=O) groups excluding carboxylic acids is 3. The molecule has 6 nitrogen and oxygen atoms in total. The van der Waals surface area contributed by atoms with Crippen LogP contribution in [0, 0.1) is 0 Å². The lowest BCUT2D eigenvalue weighted by molar-refractivity contribution is -0.149. The maximum absolute atomic E-state index is 13.8. The van der Waals surface area contributed by atoms with E-state index >= 15 is 0 Å². The summed E-state index contributed by atoms with van der Waals surface area (Å²) >= 11 is 0. The van der Waals surface area contributed by atoms with Gasteiger partial charge in [-0.25, -0.2) is 0 Å². The molecule has 2 amide bonds. The number of nitrogens with zero attached hydrogens (tertiary/aromatic N) is 1. The Morgan fingerprint density at radius 3 is 2.18 bits per heavy atom. The Kier molecular flexibility index (Phi) is 7.59. The Labute approximate surface area is 224 Å². The normalized spacial score (nSPS) is 21.3. The van der Waals surface area contributed by atoms with Crippen LogP contribution in [-0.4, -0.2) is 48.4 Å². The predicted molar refractivity (Wildman–Crippen MR) is 146 cm³/mol. The highest BCUT2D eigenvalue weighted by Crippen LogP contribution is 2.48. The second kappa shape index (κ2) is 11.2. The van der Waals surface area contributed by atoms with Gasteiger partial charge >= 0.3 is 5.97 Å². The molecule has 3 aromatic rings. The Hall–Kier alpha value is -3.93. The van der Waals surface area contributed by atoms with Gasteiger partial charge in [-0.2, -0.15) is 0 Å². The van der Waals surface area contributed by atoms with Crippen LogP contribution >= 0.6 is 0 Å². The van der Waals surface area contributed by atoms with Crippen LogP contribution in [0.25, 0.3) is 0 Å². The van der Waals surface area contributed by atoms with E-state index < -0.39 is 5.41 Å².